The number of benzene rings is 1. The molecule has 0 spiro atoms. The van der Waals surface area contributed by atoms with Gasteiger partial charge in [0.2, 0.25) is 5.89 Å². The Labute approximate surface area is 110 Å². The Hall–Kier alpha value is -2.50. The van der Waals surface area contributed by atoms with E-state index in [1.54, 1.807) is 0 Å². The van der Waals surface area contributed by atoms with E-state index in [0.717, 1.165) is 17.7 Å². The molecule has 1 heterocycles. The smallest absolute Gasteiger partial charge is 0.357 e. The fourth-order valence-electron chi connectivity index (χ4n) is 1.56. The minimum absolute atomic E-state index is 0.102. The van der Waals surface area contributed by atoms with Crippen molar-refractivity contribution in [1.29, 1.82) is 0 Å². The first kappa shape index (κ1) is 12.9. The number of nitrogens with one attached hydrogen (secondary N) is 1. The molecule has 0 atom stereocenters. The zero-order valence-electron chi connectivity index (χ0n) is 10.4. The van der Waals surface area contributed by atoms with Crippen molar-refractivity contribution in [3.8, 4) is 5.75 Å². The number of aromatic nitrogens is 1. The van der Waals surface area contributed by atoms with Crippen molar-refractivity contribution in [2.75, 3.05) is 11.9 Å². The number of aromatic carboxylic acids is 1. The Morgan fingerprint density at radius 1 is 1.47 bits per heavy atom. The summed E-state index contributed by atoms with van der Waals surface area (Å²) >= 11 is 0. The second-order valence-corrected chi connectivity index (χ2v) is 3.71. The van der Waals surface area contributed by atoms with Gasteiger partial charge in [-0.1, -0.05) is 12.1 Å². The average Bonchev–Trinajstić information content (AvgIpc) is 2.87. The number of carbonyl (C=O) groups is 1. The van der Waals surface area contributed by atoms with Gasteiger partial charge in [-0.05, 0) is 19.1 Å². The van der Waals surface area contributed by atoms with Gasteiger partial charge < -0.3 is 19.6 Å². The topological polar surface area (TPSA) is 84.6 Å². The molecular weight excluding hydrogens is 248 g/mol. The van der Waals surface area contributed by atoms with Crippen LogP contribution in [0.25, 0.3) is 0 Å². The molecule has 0 aliphatic rings. The normalized spacial score (nSPS) is 10.2. The Balaban J connectivity index is 2.03. The van der Waals surface area contributed by atoms with E-state index in [4.69, 9.17) is 14.3 Å². The lowest BCUT2D eigenvalue weighted by atomic mass is 10.3. The molecule has 0 aliphatic carbocycles. The molecule has 1 aromatic heterocycles. The van der Waals surface area contributed by atoms with Crippen LogP contribution in [0.1, 0.15) is 23.3 Å². The predicted molar refractivity (Wildman–Crippen MR) is 68.4 cm³/mol. The molecule has 0 amide bonds. The first-order valence-corrected chi connectivity index (χ1v) is 5.84. The Morgan fingerprint density at radius 2 is 2.26 bits per heavy atom. The van der Waals surface area contributed by atoms with Crippen molar-refractivity contribution in [3.05, 3.63) is 42.1 Å². The van der Waals surface area contributed by atoms with Gasteiger partial charge in [-0.25, -0.2) is 9.78 Å². The van der Waals surface area contributed by atoms with Crippen molar-refractivity contribution >= 4 is 11.7 Å². The van der Waals surface area contributed by atoms with E-state index in [1.165, 1.54) is 0 Å². The van der Waals surface area contributed by atoms with Crippen LogP contribution in [0.5, 0.6) is 5.75 Å². The lowest BCUT2D eigenvalue weighted by molar-refractivity contribution is 0.0690. The van der Waals surface area contributed by atoms with Gasteiger partial charge >= 0.3 is 5.97 Å². The van der Waals surface area contributed by atoms with Crippen molar-refractivity contribution in [2.45, 2.75) is 13.5 Å². The van der Waals surface area contributed by atoms with Gasteiger partial charge in [0.25, 0.3) is 0 Å². The minimum atomic E-state index is -1.11. The van der Waals surface area contributed by atoms with Crippen LogP contribution in [0.2, 0.25) is 0 Å². The summed E-state index contributed by atoms with van der Waals surface area (Å²) in [5.41, 5.74) is 0.703. The Kier molecular flexibility index (Phi) is 4.02. The lowest BCUT2D eigenvalue weighted by Gasteiger charge is -2.10. The summed E-state index contributed by atoms with van der Waals surface area (Å²) < 4.78 is 10.5. The molecule has 0 fully saturated rings. The SMILES string of the molecule is CCOc1ccccc1NCc1nc(C(=O)O)co1. The van der Waals surface area contributed by atoms with Crippen molar-refractivity contribution in [2.24, 2.45) is 0 Å². The molecule has 100 valence electrons. The van der Waals surface area contributed by atoms with Crippen molar-refractivity contribution < 1.29 is 19.1 Å². The van der Waals surface area contributed by atoms with Gasteiger partial charge in [-0.15, -0.1) is 0 Å². The second-order valence-electron chi connectivity index (χ2n) is 3.71. The predicted octanol–water partition coefficient (Wildman–Crippen LogP) is 2.38. The molecule has 0 saturated heterocycles. The third kappa shape index (κ3) is 3.25. The fourth-order valence-corrected chi connectivity index (χ4v) is 1.56. The number of oxazole rings is 1. The molecule has 6 heteroatoms. The number of rotatable bonds is 6. The fraction of sp³-hybridized carbons (Fsp3) is 0.231. The highest BCUT2D eigenvalue weighted by Gasteiger charge is 2.10. The third-order valence-electron chi connectivity index (χ3n) is 2.39. The highest BCUT2D eigenvalue weighted by molar-refractivity contribution is 5.84. The van der Waals surface area contributed by atoms with Crippen LogP contribution in [0.3, 0.4) is 0 Å². The van der Waals surface area contributed by atoms with Crippen molar-refractivity contribution in [3.63, 3.8) is 0 Å². The minimum Gasteiger partial charge on any atom is -0.492 e. The van der Waals surface area contributed by atoms with Crippen LogP contribution in [-0.2, 0) is 6.54 Å². The first-order chi connectivity index (χ1) is 9.20. The zero-order chi connectivity index (χ0) is 13.7. The molecule has 0 aliphatic heterocycles. The maximum atomic E-state index is 10.7. The summed E-state index contributed by atoms with van der Waals surface area (Å²) in [6, 6.07) is 7.48. The van der Waals surface area contributed by atoms with Crippen LogP contribution >= 0.6 is 0 Å². The molecule has 2 N–H and O–H groups in total. The number of carboxylic acids is 1. The summed E-state index contributed by atoms with van der Waals surface area (Å²) in [6.07, 6.45) is 1.12. The number of ether oxygens (including phenoxy) is 1. The van der Waals surface area contributed by atoms with Crippen LogP contribution < -0.4 is 10.1 Å². The third-order valence-corrected chi connectivity index (χ3v) is 2.39. The van der Waals surface area contributed by atoms with Crippen LogP contribution in [0.15, 0.2) is 34.9 Å². The summed E-state index contributed by atoms with van der Waals surface area (Å²) in [5.74, 6) is -0.0663. The highest BCUT2D eigenvalue weighted by Crippen LogP contribution is 2.24. The summed E-state index contributed by atoms with van der Waals surface area (Å²) in [6.45, 7) is 2.77. The van der Waals surface area contributed by atoms with Gasteiger partial charge in [0.05, 0.1) is 18.8 Å². The largest absolute Gasteiger partial charge is 0.492 e. The number of hydrogen-bond donors (Lipinski definition) is 2. The molecule has 2 aromatic rings. The van der Waals surface area contributed by atoms with E-state index in [2.05, 4.69) is 10.3 Å². The quantitative estimate of drug-likeness (QED) is 0.831. The Bertz CT molecular complexity index is 565. The molecular formula is C13H14N2O4. The molecule has 19 heavy (non-hydrogen) atoms. The standard InChI is InChI=1S/C13H14N2O4/c1-2-18-11-6-4-3-5-9(11)14-7-12-15-10(8-19-12)13(16)17/h3-6,8,14H,2,7H2,1H3,(H,16,17). The summed E-state index contributed by atoms with van der Waals surface area (Å²) in [5, 5.41) is 11.8. The average molecular weight is 262 g/mol. The van der Waals surface area contributed by atoms with Crippen LogP contribution in [-0.4, -0.2) is 22.7 Å². The molecule has 0 bridgehead atoms. The molecule has 0 saturated carbocycles. The molecule has 6 nitrogen and oxygen atoms in total. The highest BCUT2D eigenvalue weighted by atomic mass is 16.5. The molecule has 2 rings (SSSR count). The first-order valence-electron chi connectivity index (χ1n) is 5.84. The van der Waals surface area contributed by atoms with E-state index < -0.39 is 5.97 Å². The lowest BCUT2D eigenvalue weighted by Crippen LogP contribution is -2.03. The maximum Gasteiger partial charge on any atom is 0.357 e. The van der Waals surface area contributed by atoms with Gasteiger partial charge in [0.15, 0.2) is 5.69 Å². The Morgan fingerprint density at radius 3 is 2.95 bits per heavy atom. The monoisotopic (exact) mass is 262 g/mol. The maximum absolute atomic E-state index is 10.7. The zero-order valence-corrected chi connectivity index (χ0v) is 10.4. The number of para-hydroxylation sites is 2. The second kappa shape index (κ2) is 5.90. The van der Waals surface area contributed by atoms with E-state index >= 15 is 0 Å². The number of anilines is 1. The van der Waals surface area contributed by atoms with E-state index in [9.17, 15) is 4.79 Å². The number of hydrogen-bond acceptors (Lipinski definition) is 5. The summed E-state index contributed by atoms with van der Waals surface area (Å²) in [4.78, 5) is 14.5. The molecule has 1 aromatic carbocycles. The van der Waals surface area contributed by atoms with E-state index in [-0.39, 0.29) is 12.2 Å². The van der Waals surface area contributed by atoms with Gasteiger partial charge in [-0.2, -0.15) is 0 Å². The van der Waals surface area contributed by atoms with Crippen molar-refractivity contribution in [1.82, 2.24) is 4.98 Å². The summed E-state index contributed by atoms with van der Waals surface area (Å²) in [7, 11) is 0. The van der Waals surface area contributed by atoms with E-state index in [0.29, 0.717) is 12.5 Å². The molecule has 0 radical (unpaired) electrons. The van der Waals surface area contributed by atoms with Gasteiger partial charge in [0, 0.05) is 0 Å². The van der Waals surface area contributed by atoms with Crippen LogP contribution in [0.4, 0.5) is 5.69 Å². The van der Waals surface area contributed by atoms with Gasteiger partial charge in [-0.3, -0.25) is 0 Å². The number of nitrogens with zero attached hydrogens (tertiary/aromatic N) is 1. The van der Waals surface area contributed by atoms with Gasteiger partial charge in [0.1, 0.15) is 12.0 Å². The molecule has 0 unspecified atom stereocenters. The number of carboxylic acid groups (broad SMARTS) is 1. The van der Waals surface area contributed by atoms with E-state index in [1.807, 2.05) is 31.2 Å². The van der Waals surface area contributed by atoms with Crippen LogP contribution in [0, 0.1) is 0 Å².